The van der Waals surface area contributed by atoms with Crippen LogP contribution in [0.25, 0.3) is 0 Å². The predicted octanol–water partition coefficient (Wildman–Crippen LogP) is 2.52. The minimum atomic E-state index is -0.933. The summed E-state index contributed by atoms with van der Waals surface area (Å²) >= 11 is 0. The molecule has 0 radical (unpaired) electrons. The third-order valence-corrected chi connectivity index (χ3v) is 3.26. The Morgan fingerprint density at radius 2 is 1.88 bits per heavy atom. The highest BCUT2D eigenvalue weighted by Crippen LogP contribution is 2.29. The van der Waals surface area contributed by atoms with Gasteiger partial charge in [-0.3, -0.25) is 4.79 Å². The maximum Gasteiger partial charge on any atom is 0.312 e. The Kier molecular flexibility index (Phi) is 4.12. The van der Waals surface area contributed by atoms with Gasteiger partial charge in [-0.2, -0.15) is 4.98 Å². The highest BCUT2D eigenvalue weighted by atomic mass is 16.5. The lowest BCUT2D eigenvalue weighted by Gasteiger charge is -2.15. The van der Waals surface area contributed by atoms with E-state index in [1.807, 2.05) is 0 Å². The monoisotopic (exact) mass is 238 g/mol. The van der Waals surface area contributed by atoms with E-state index >= 15 is 0 Å². The van der Waals surface area contributed by atoms with Crippen molar-refractivity contribution in [3.63, 3.8) is 0 Å². The van der Waals surface area contributed by atoms with Crippen LogP contribution in [0.2, 0.25) is 0 Å². The number of aromatic nitrogens is 2. The summed E-state index contributed by atoms with van der Waals surface area (Å²) in [5.74, 6) is 0.331. The van der Waals surface area contributed by atoms with Crippen molar-refractivity contribution < 1.29 is 14.4 Å². The fraction of sp³-hybridized carbons (Fsp3) is 0.750. The zero-order valence-electron chi connectivity index (χ0n) is 9.89. The third kappa shape index (κ3) is 3.54. The standard InChI is InChI=1S/C12H18N2O3/c15-11(16)8-10-13-12(14-17-10)9-6-4-2-1-3-5-7-9/h9H,1-8H2,(H,15,16). The Morgan fingerprint density at radius 3 is 2.53 bits per heavy atom. The molecule has 1 aromatic heterocycles. The van der Waals surface area contributed by atoms with Gasteiger partial charge in [0.1, 0.15) is 6.42 Å². The first kappa shape index (κ1) is 12.1. The Balaban J connectivity index is 1.99. The summed E-state index contributed by atoms with van der Waals surface area (Å²) in [6.45, 7) is 0. The Hall–Kier alpha value is -1.39. The largest absolute Gasteiger partial charge is 0.481 e. The molecule has 0 atom stereocenters. The molecule has 0 unspecified atom stereocenters. The van der Waals surface area contributed by atoms with Gasteiger partial charge in [-0.15, -0.1) is 0 Å². The van der Waals surface area contributed by atoms with Gasteiger partial charge in [0, 0.05) is 5.92 Å². The topological polar surface area (TPSA) is 76.2 Å². The molecule has 0 bridgehead atoms. The molecule has 17 heavy (non-hydrogen) atoms. The van der Waals surface area contributed by atoms with Crippen LogP contribution in [-0.4, -0.2) is 21.2 Å². The molecule has 5 heteroatoms. The third-order valence-electron chi connectivity index (χ3n) is 3.26. The van der Waals surface area contributed by atoms with E-state index in [4.69, 9.17) is 9.63 Å². The minimum Gasteiger partial charge on any atom is -0.481 e. The number of carboxylic acids is 1. The summed E-state index contributed by atoms with van der Waals surface area (Å²) in [5, 5.41) is 12.6. The van der Waals surface area contributed by atoms with Gasteiger partial charge in [-0.1, -0.05) is 37.3 Å². The maximum absolute atomic E-state index is 10.5. The molecule has 0 aromatic carbocycles. The van der Waals surface area contributed by atoms with Crippen molar-refractivity contribution in [1.29, 1.82) is 0 Å². The van der Waals surface area contributed by atoms with Gasteiger partial charge in [-0.25, -0.2) is 0 Å². The Morgan fingerprint density at radius 1 is 1.24 bits per heavy atom. The normalized spacial score (nSPS) is 18.6. The van der Waals surface area contributed by atoms with Crippen molar-refractivity contribution in [2.75, 3.05) is 0 Å². The quantitative estimate of drug-likeness (QED) is 0.875. The number of carboxylic acid groups (broad SMARTS) is 1. The number of aliphatic carboxylic acids is 1. The van der Waals surface area contributed by atoms with Crippen LogP contribution in [0.1, 0.15) is 62.6 Å². The molecule has 5 nitrogen and oxygen atoms in total. The van der Waals surface area contributed by atoms with Crippen molar-refractivity contribution in [1.82, 2.24) is 10.1 Å². The number of hydrogen-bond donors (Lipinski definition) is 1. The van der Waals surface area contributed by atoms with Crippen LogP contribution in [0.3, 0.4) is 0 Å². The van der Waals surface area contributed by atoms with Crippen molar-refractivity contribution >= 4 is 5.97 Å². The van der Waals surface area contributed by atoms with E-state index in [2.05, 4.69) is 10.1 Å². The van der Waals surface area contributed by atoms with E-state index in [-0.39, 0.29) is 12.3 Å². The molecule has 0 aliphatic heterocycles. The molecule has 1 heterocycles. The Bertz CT molecular complexity index is 368. The van der Waals surface area contributed by atoms with Gasteiger partial charge in [0.2, 0.25) is 5.89 Å². The highest BCUT2D eigenvalue weighted by molar-refractivity contribution is 5.68. The molecule has 0 spiro atoms. The zero-order valence-corrected chi connectivity index (χ0v) is 9.89. The first-order valence-corrected chi connectivity index (χ1v) is 6.30. The molecule has 2 rings (SSSR count). The molecular formula is C12H18N2O3. The van der Waals surface area contributed by atoms with Crippen LogP contribution < -0.4 is 0 Å². The van der Waals surface area contributed by atoms with E-state index in [9.17, 15) is 4.79 Å². The van der Waals surface area contributed by atoms with Gasteiger partial charge < -0.3 is 9.63 Å². The molecule has 1 aliphatic rings. The van der Waals surface area contributed by atoms with E-state index in [0.29, 0.717) is 11.7 Å². The van der Waals surface area contributed by atoms with E-state index < -0.39 is 5.97 Å². The summed E-state index contributed by atoms with van der Waals surface area (Å²) in [4.78, 5) is 14.7. The number of nitrogens with zero attached hydrogens (tertiary/aromatic N) is 2. The van der Waals surface area contributed by atoms with Crippen LogP contribution >= 0.6 is 0 Å². The number of rotatable bonds is 3. The van der Waals surface area contributed by atoms with Gasteiger partial charge in [-0.05, 0) is 12.8 Å². The molecule has 1 aromatic rings. The Labute approximate surface area is 100 Å². The van der Waals surface area contributed by atoms with Crippen LogP contribution in [-0.2, 0) is 11.2 Å². The van der Waals surface area contributed by atoms with Crippen LogP contribution in [0.5, 0.6) is 0 Å². The molecule has 1 N–H and O–H groups in total. The lowest BCUT2D eigenvalue weighted by Crippen LogP contribution is -2.05. The number of carbonyl (C=O) groups is 1. The lowest BCUT2D eigenvalue weighted by molar-refractivity contribution is -0.136. The van der Waals surface area contributed by atoms with Crippen molar-refractivity contribution in [3.8, 4) is 0 Å². The van der Waals surface area contributed by atoms with Gasteiger partial charge in [0.05, 0.1) is 0 Å². The predicted molar refractivity (Wildman–Crippen MR) is 60.7 cm³/mol. The number of hydrogen-bond acceptors (Lipinski definition) is 4. The second-order valence-corrected chi connectivity index (χ2v) is 4.66. The molecule has 94 valence electrons. The fourth-order valence-electron chi connectivity index (χ4n) is 2.35. The smallest absolute Gasteiger partial charge is 0.312 e. The second kappa shape index (κ2) is 5.80. The van der Waals surface area contributed by atoms with Crippen LogP contribution in [0.4, 0.5) is 0 Å². The summed E-state index contributed by atoms with van der Waals surface area (Å²) in [6.07, 6.45) is 8.27. The van der Waals surface area contributed by atoms with E-state index in [0.717, 1.165) is 12.8 Å². The zero-order chi connectivity index (χ0) is 12.1. The van der Waals surface area contributed by atoms with Gasteiger partial charge >= 0.3 is 5.97 Å². The molecule has 0 amide bonds. The highest BCUT2D eigenvalue weighted by Gasteiger charge is 2.20. The summed E-state index contributed by atoms with van der Waals surface area (Å²) in [7, 11) is 0. The molecule has 1 fully saturated rings. The van der Waals surface area contributed by atoms with E-state index in [1.54, 1.807) is 0 Å². The summed E-state index contributed by atoms with van der Waals surface area (Å²) in [5.41, 5.74) is 0. The first-order valence-electron chi connectivity index (χ1n) is 6.30. The molecule has 1 aliphatic carbocycles. The average Bonchev–Trinajstić information content (AvgIpc) is 2.64. The van der Waals surface area contributed by atoms with Crippen molar-refractivity contribution in [2.24, 2.45) is 0 Å². The maximum atomic E-state index is 10.5. The molecule has 1 saturated carbocycles. The van der Waals surface area contributed by atoms with Crippen LogP contribution in [0, 0.1) is 0 Å². The second-order valence-electron chi connectivity index (χ2n) is 4.66. The minimum absolute atomic E-state index is 0.181. The summed E-state index contributed by atoms with van der Waals surface area (Å²) < 4.78 is 4.96. The van der Waals surface area contributed by atoms with Crippen molar-refractivity contribution in [3.05, 3.63) is 11.7 Å². The average molecular weight is 238 g/mol. The molecular weight excluding hydrogens is 220 g/mol. The van der Waals surface area contributed by atoms with Crippen LogP contribution in [0.15, 0.2) is 4.52 Å². The van der Waals surface area contributed by atoms with Gasteiger partial charge in [0.15, 0.2) is 5.82 Å². The first-order chi connectivity index (χ1) is 8.25. The van der Waals surface area contributed by atoms with Crippen molar-refractivity contribution in [2.45, 2.75) is 57.3 Å². The molecule has 0 saturated heterocycles. The van der Waals surface area contributed by atoms with E-state index in [1.165, 1.54) is 32.1 Å². The lowest BCUT2D eigenvalue weighted by atomic mass is 9.91. The SMILES string of the molecule is O=C(O)Cc1nc(C2CCCCCCC2)no1. The summed E-state index contributed by atoms with van der Waals surface area (Å²) in [6, 6.07) is 0. The van der Waals surface area contributed by atoms with Gasteiger partial charge in [0.25, 0.3) is 0 Å². The fourth-order valence-corrected chi connectivity index (χ4v) is 2.35.